The molecule has 0 aliphatic carbocycles. The third-order valence-electron chi connectivity index (χ3n) is 2.06. The second kappa shape index (κ2) is 5.00. The van der Waals surface area contributed by atoms with Crippen molar-refractivity contribution in [2.24, 2.45) is 5.11 Å². The molecule has 0 amide bonds. The molecule has 1 heterocycles. The van der Waals surface area contributed by atoms with E-state index in [1.165, 1.54) is 3.57 Å². The van der Waals surface area contributed by atoms with Crippen molar-refractivity contribution in [2.75, 3.05) is 0 Å². The molecule has 0 unspecified atom stereocenters. The molecule has 0 aliphatic heterocycles. The number of nitrogens with zero attached hydrogens (tertiary/aromatic N) is 5. The van der Waals surface area contributed by atoms with Gasteiger partial charge in [-0.25, -0.2) is 4.98 Å². The lowest BCUT2D eigenvalue weighted by Crippen LogP contribution is -1.89. The lowest BCUT2D eigenvalue weighted by Gasteiger charge is -2.00. The van der Waals surface area contributed by atoms with Crippen LogP contribution in [0.25, 0.3) is 16.1 Å². The Labute approximate surface area is 106 Å². The number of aromatic nitrogens is 2. The van der Waals surface area contributed by atoms with Crippen LogP contribution in [0.2, 0.25) is 0 Å². The summed E-state index contributed by atoms with van der Waals surface area (Å²) in [7, 11) is 0. The number of benzene rings is 1. The number of rotatable bonds is 3. The van der Waals surface area contributed by atoms with E-state index < -0.39 is 0 Å². The molecule has 0 fully saturated rings. The molecule has 80 valence electrons. The Morgan fingerprint density at radius 3 is 2.81 bits per heavy atom. The van der Waals surface area contributed by atoms with E-state index in [4.69, 9.17) is 5.53 Å². The summed E-state index contributed by atoms with van der Waals surface area (Å²) in [5.74, 6) is 0. The highest BCUT2D eigenvalue weighted by Crippen LogP contribution is 2.12. The van der Waals surface area contributed by atoms with Gasteiger partial charge in [0, 0.05) is 20.4 Å². The SMILES string of the molecule is [N-]=[N+]=NCc1cn(-c2ccc(I)cc2)cn1. The molecule has 2 aromatic rings. The molecule has 5 nitrogen and oxygen atoms in total. The summed E-state index contributed by atoms with van der Waals surface area (Å²) in [5, 5.41) is 3.47. The Morgan fingerprint density at radius 2 is 2.12 bits per heavy atom. The molecule has 1 aromatic carbocycles. The average molecular weight is 325 g/mol. The smallest absolute Gasteiger partial charge is 0.0995 e. The van der Waals surface area contributed by atoms with E-state index in [-0.39, 0.29) is 6.54 Å². The number of hydrogen-bond donors (Lipinski definition) is 0. The molecule has 0 atom stereocenters. The summed E-state index contributed by atoms with van der Waals surface area (Å²) in [6, 6.07) is 8.09. The van der Waals surface area contributed by atoms with Crippen LogP contribution in [0.15, 0.2) is 41.9 Å². The van der Waals surface area contributed by atoms with Crippen LogP contribution in [-0.2, 0) is 6.54 Å². The van der Waals surface area contributed by atoms with Gasteiger partial charge in [0.2, 0.25) is 0 Å². The van der Waals surface area contributed by atoms with E-state index in [0.29, 0.717) is 0 Å². The van der Waals surface area contributed by atoms with Crippen LogP contribution < -0.4 is 0 Å². The molecule has 0 bridgehead atoms. The van der Waals surface area contributed by atoms with Gasteiger partial charge in [0.05, 0.1) is 18.6 Å². The van der Waals surface area contributed by atoms with Crippen molar-refractivity contribution in [3.05, 3.63) is 56.5 Å². The van der Waals surface area contributed by atoms with Crippen molar-refractivity contribution in [1.29, 1.82) is 0 Å². The zero-order valence-corrected chi connectivity index (χ0v) is 10.4. The molecule has 0 aliphatic rings. The van der Waals surface area contributed by atoms with Crippen LogP contribution in [0.5, 0.6) is 0 Å². The molecule has 0 spiro atoms. The van der Waals surface area contributed by atoms with Crippen molar-refractivity contribution < 1.29 is 0 Å². The number of hydrogen-bond acceptors (Lipinski definition) is 2. The molecule has 1 aromatic heterocycles. The Bertz CT molecular complexity index is 524. The van der Waals surface area contributed by atoms with Crippen molar-refractivity contribution in [1.82, 2.24) is 9.55 Å². The van der Waals surface area contributed by atoms with Gasteiger partial charge < -0.3 is 4.57 Å². The fraction of sp³-hybridized carbons (Fsp3) is 0.100. The molecule has 0 N–H and O–H groups in total. The predicted molar refractivity (Wildman–Crippen MR) is 69.1 cm³/mol. The maximum atomic E-state index is 8.20. The number of azide groups is 1. The van der Waals surface area contributed by atoms with Crippen LogP contribution in [-0.4, -0.2) is 9.55 Å². The molecule has 0 saturated heterocycles. The van der Waals surface area contributed by atoms with E-state index in [0.717, 1.165) is 11.4 Å². The first kappa shape index (κ1) is 11.0. The molecule has 0 saturated carbocycles. The highest BCUT2D eigenvalue weighted by atomic mass is 127. The van der Waals surface area contributed by atoms with Crippen LogP contribution in [0, 0.1) is 3.57 Å². The Balaban J connectivity index is 2.24. The molecular weight excluding hydrogens is 317 g/mol. The summed E-state index contributed by atoms with van der Waals surface area (Å²) in [5.41, 5.74) is 10.0. The van der Waals surface area contributed by atoms with Crippen molar-refractivity contribution in [3.8, 4) is 5.69 Å². The molecule has 6 heteroatoms. The highest BCUT2D eigenvalue weighted by Gasteiger charge is 1.99. The van der Waals surface area contributed by atoms with Gasteiger partial charge in [-0.05, 0) is 52.4 Å². The summed E-state index contributed by atoms with van der Waals surface area (Å²) in [4.78, 5) is 6.85. The minimum atomic E-state index is 0.286. The molecule has 2 rings (SSSR count). The minimum Gasteiger partial charge on any atom is -0.306 e. The first-order valence-corrected chi connectivity index (χ1v) is 5.67. The van der Waals surface area contributed by atoms with Crippen LogP contribution in [0.3, 0.4) is 0 Å². The van der Waals surface area contributed by atoms with Crippen molar-refractivity contribution in [3.63, 3.8) is 0 Å². The van der Waals surface area contributed by atoms with E-state index in [2.05, 4.69) is 37.6 Å². The lowest BCUT2D eigenvalue weighted by molar-refractivity contribution is 0.993. The lowest BCUT2D eigenvalue weighted by atomic mass is 10.3. The van der Waals surface area contributed by atoms with Crippen LogP contribution in [0.1, 0.15) is 5.69 Å². The fourth-order valence-corrected chi connectivity index (χ4v) is 1.66. The first-order valence-electron chi connectivity index (χ1n) is 4.59. The second-order valence-corrected chi connectivity index (χ2v) is 4.38. The zero-order valence-electron chi connectivity index (χ0n) is 8.29. The largest absolute Gasteiger partial charge is 0.306 e. The topological polar surface area (TPSA) is 66.6 Å². The van der Waals surface area contributed by atoms with E-state index in [9.17, 15) is 0 Å². The van der Waals surface area contributed by atoms with Crippen LogP contribution >= 0.6 is 22.6 Å². The van der Waals surface area contributed by atoms with Crippen molar-refractivity contribution >= 4 is 22.6 Å². The van der Waals surface area contributed by atoms with Crippen LogP contribution in [0.4, 0.5) is 0 Å². The Hall–Kier alpha value is -1.53. The van der Waals surface area contributed by atoms with Gasteiger partial charge in [-0.3, -0.25) is 0 Å². The first-order chi connectivity index (χ1) is 7.79. The number of halogens is 1. The number of imidazole rings is 1. The van der Waals surface area contributed by atoms with Crippen molar-refractivity contribution in [2.45, 2.75) is 6.54 Å². The van der Waals surface area contributed by atoms with Gasteiger partial charge in [0.1, 0.15) is 0 Å². The predicted octanol–water partition coefficient (Wildman–Crippen LogP) is 3.29. The molecule has 0 radical (unpaired) electrons. The summed E-state index contributed by atoms with van der Waals surface area (Å²) >= 11 is 2.26. The maximum Gasteiger partial charge on any atom is 0.0995 e. The average Bonchev–Trinajstić information content (AvgIpc) is 2.76. The van der Waals surface area contributed by atoms with Gasteiger partial charge >= 0.3 is 0 Å². The zero-order chi connectivity index (χ0) is 11.4. The van der Waals surface area contributed by atoms with Gasteiger partial charge in [0.15, 0.2) is 0 Å². The van der Waals surface area contributed by atoms with Gasteiger partial charge in [-0.15, -0.1) is 0 Å². The quantitative estimate of drug-likeness (QED) is 0.369. The van der Waals surface area contributed by atoms with Gasteiger partial charge in [0.25, 0.3) is 0 Å². The molecular formula is C10H8IN5. The second-order valence-electron chi connectivity index (χ2n) is 3.14. The third kappa shape index (κ3) is 2.53. The highest BCUT2D eigenvalue weighted by molar-refractivity contribution is 14.1. The standard InChI is InChI=1S/C10H8IN5/c11-8-1-3-10(4-2-8)16-6-9(13-7-16)5-14-15-12/h1-4,6-7H,5H2. The molecule has 16 heavy (non-hydrogen) atoms. The van der Waals surface area contributed by atoms with E-state index >= 15 is 0 Å². The Morgan fingerprint density at radius 1 is 1.38 bits per heavy atom. The van der Waals surface area contributed by atoms with E-state index in [1.54, 1.807) is 6.33 Å². The Kier molecular flexibility index (Phi) is 3.43. The third-order valence-corrected chi connectivity index (χ3v) is 2.78. The van der Waals surface area contributed by atoms with Gasteiger partial charge in [-0.1, -0.05) is 5.11 Å². The maximum absolute atomic E-state index is 8.20. The minimum absolute atomic E-state index is 0.286. The van der Waals surface area contributed by atoms with Gasteiger partial charge in [-0.2, -0.15) is 0 Å². The monoisotopic (exact) mass is 325 g/mol. The normalized spacial score (nSPS) is 9.81. The van der Waals surface area contributed by atoms with E-state index in [1.807, 2.05) is 35.0 Å². The summed E-state index contributed by atoms with van der Waals surface area (Å²) in [6.45, 7) is 0.286. The summed E-state index contributed by atoms with van der Waals surface area (Å²) in [6.07, 6.45) is 3.57. The summed E-state index contributed by atoms with van der Waals surface area (Å²) < 4.78 is 3.09. The fourth-order valence-electron chi connectivity index (χ4n) is 1.30.